The van der Waals surface area contributed by atoms with Gasteiger partial charge in [-0.1, -0.05) is 23.2 Å². The maximum Gasteiger partial charge on any atom is 0.138 e. The van der Waals surface area contributed by atoms with Crippen LogP contribution in [0.25, 0.3) is 0 Å². The molecule has 0 aliphatic carbocycles. The van der Waals surface area contributed by atoms with E-state index in [4.69, 9.17) is 43.8 Å². The van der Waals surface area contributed by atoms with Crippen molar-refractivity contribution in [1.29, 1.82) is 5.41 Å². The van der Waals surface area contributed by atoms with Crippen LogP contribution in [-0.2, 0) is 6.61 Å². The fourth-order valence-corrected chi connectivity index (χ4v) is 2.23. The van der Waals surface area contributed by atoms with Crippen LogP contribution in [0.15, 0.2) is 36.4 Å². The van der Waals surface area contributed by atoms with Crippen LogP contribution < -0.4 is 15.2 Å². The van der Waals surface area contributed by atoms with Crippen molar-refractivity contribution in [2.24, 2.45) is 5.73 Å². The summed E-state index contributed by atoms with van der Waals surface area (Å²) in [6, 6.07) is 10.3. The second-order valence-corrected chi connectivity index (χ2v) is 5.15. The zero-order valence-corrected chi connectivity index (χ0v) is 12.8. The summed E-state index contributed by atoms with van der Waals surface area (Å²) in [5.41, 5.74) is 6.77. The normalized spacial score (nSPS) is 10.2. The van der Waals surface area contributed by atoms with E-state index in [0.29, 0.717) is 27.1 Å². The average Bonchev–Trinajstić information content (AvgIpc) is 2.46. The van der Waals surface area contributed by atoms with Gasteiger partial charge in [0, 0.05) is 16.1 Å². The first kappa shape index (κ1) is 15.5. The molecule has 0 radical (unpaired) electrons. The lowest BCUT2D eigenvalue weighted by molar-refractivity contribution is 0.297. The molecule has 0 saturated carbocycles. The Kier molecular flexibility index (Phi) is 4.94. The monoisotopic (exact) mass is 324 g/mol. The molecule has 2 aromatic carbocycles. The van der Waals surface area contributed by atoms with Gasteiger partial charge >= 0.3 is 0 Å². The number of nitrogen functional groups attached to an aromatic ring is 1. The number of halogens is 2. The number of rotatable bonds is 5. The third-order valence-electron chi connectivity index (χ3n) is 2.87. The number of amidine groups is 1. The van der Waals surface area contributed by atoms with Gasteiger partial charge in [0.05, 0.1) is 12.1 Å². The van der Waals surface area contributed by atoms with Gasteiger partial charge in [0.1, 0.15) is 23.9 Å². The highest BCUT2D eigenvalue weighted by atomic mass is 35.5. The van der Waals surface area contributed by atoms with Gasteiger partial charge in [-0.3, -0.25) is 5.41 Å². The Morgan fingerprint density at radius 2 is 1.86 bits per heavy atom. The third-order valence-corrected chi connectivity index (χ3v) is 3.40. The summed E-state index contributed by atoms with van der Waals surface area (Å²) < 4.78 is 10.9. The summed E-state index contributed by atoms with van der Waals surface area (Å²) in [7, 11) is 1.58. The Morgan fingerprint density at radius 3 is 2.48 bits per heavy atom. The second kappa shape index (κ2) is 6.70. The number of nitrogens with two attached hydrogens (primary N) is 1. The van der Waals surface area contributed by atoms with E-state index >= 15 is 0 Å². The maximum atomic E-state index is 7.36. The molecule has 2 aromatic rings. The van der Waals surface area contributed by atoms with Crippen LogP contribution in [0.2, 0.25) is 10.0 Å². The van der Waals surface area contributed by atoms with Crippen LogP contribution in [0.5, 0.6) is 11.5 Å². The molecule has 4 nitrogen and oxygen atoms in total. The highest BCUT2D eigenvalue weighted by molar-refractivity contribution is 6.32. The van der Waals surface area contributed by atoms with Gasteiger partial charge in [-0.25, -0.2) is 0 Å². The van der Waals surface area contributed by atoms with Crippen molar-refractivity contribution in [2.75, 3.05) is 7.11 Å². The van der Waals surface area contributed by atoms with Gasteiger partial charge in [0.2, 0.25) is 0 Å². The van der Waals surface area contributed by atoms with E-state index in [1.807, 2.05) is 0 Å². The van der Waals surface area contributed by atoms with Crippen LogP contribution in [0.1, 0.15) is 11.1 Å². The third kappa shape index (κ3) is 3.80. The van der Waals surface area contributed by atoms with Gasteiger partial charge in [-0.2, -0.15) is 0 Å². The van der Waals surface area contributed by atoms with Crippen LogP contribution >= 0.6 is 23.2 Å². The van der Waals surface area contributed by atoms with Gasteiger partial charge in [0.15, 0.2) is 0 Å². The number of hydrogen-bond acceptors (Lipinski definition) is 3. The first-order valence-electron chi connectivity index (χ1n) is 6.10. The van der Waals surface area contributed by atoms with E-state index in [-0.39, 0.29) is 12.4 Å². The number of ether oxygens (including phenoxy) is 2. The molecule has 0 aliphatic heterocycles. The van der Waals surface area contributed by atoms with E-state index in [1.54, 1.807) is 43.5 Å². The summed E-state index contributed by atoms with van der Waals surface area (Å²) in [4.78, 5) is 0. The Bertz CT molecular complexity index is 675. The standard InChI is InChI=1S/C15H14Cl2N2O2/c1-20-13-5-3-11(16)6-10(13)8-21-14-4-2-9(15(18)19)7-12(14)17/h2-7H,8H2,1H3,(H3,18,19). The molecule has 2 rings (SSSR count). The van der Waals surface area contributed by atoms with Crippen LogP contribution in [-0.4, -0.2) is 12.9 Å². The fraction of sp³-hybridized carbons (Fsp3) is 0.133. The van der Waals surface area contributed by atoms with Crippen LogP contribution in [0.4, 0.5) is 0 Å². The molecule has 0 fully saturated rings. The molecule has 0 unspecified atom stereocenters. The van der Waals surface area contributed by atoms with E-state index in [0.717, 1.165) is 5.56 Å². The number of methoxy groups -OCH3 is 1. The van der Waals surface area contributed by atoms with Gasteiger partial charge in [-0.15, -0.1) is 0 Å². The minimum absolute atomic E-state index is 0.0417. The average molecular weight is 325 g/mol. The van der Waals surface area contributed by atoms with Crippen molar-refractivity contribution >= 4 is 29.0 Å². The molecule has 0 bridgehead atoms. The summed E-state index contributed by atoms with van der Waals surface area (Å²) in [6.07, 6.45) is 0. The molecule has 0 spiro atoms. The highest BCUT2D eigenvalue weighted by Gasteiger charge is 2.08. The second-order valence-electron chi connectivity index (χ2n) is 4.30. The summed E-state index contributed by atoms with van der Waals surface area (Å²) in [6.45, 7) is 0.267. The predicted molar refractivity (Wildman–Crippen MR) is 84.8 cm³/mol. The Hall–Kier alpha value is -1.91. The van der Waals surface area contributed by atoms with Crippen molar-refractivity contribution in [3.63, 3.8) is 0 Å². The molecule has 0 saturated heterocycles. The van der Waals surface area contributed by atoms with Crippen LogP contribution in [0, 0.1) is 5.41 Å². The molecular formula is C15H14Cl2N2O2. The van der Waals surface area contributed by atoms with Crippen molar-refractivity contribution in [2.45, 2.75) is 6.61 Å². The summed E-state index contributed by atoms with van der Waals surface area (Å²) >= 11 is 12.1. The zero-order valence-electron chi connectivity index (χ0n) is 11.3. The lowest BCUT2D eigenvalue weighted by atomic mass is 10.2. The molecule has 0 aliphatic rings. The number of benzene rings is 2. The summed E-state index contributed by atoms with van der Waals surface area (Å²) in [5, 5.41) is 8.36. The number of nitrogens with one attached hydrogen (secondary N) is 1. The van der Waals surface area contributed by atoms with Crippen LogP contribution in [0.3, 0.4) is 0 Å². The largest absolute Gasteiger partial charge is 0.496 e. The molecule has 0 amide bonds. The van der Waals surface area contributed by atoms with Crippen molar-refractivity contribution in [1.82, 2.24) is 0 Å². The molecule has 6 heteroatoms. The topological polar surface area (TPSA) is 68.3 Å². The highest BCUT2D eigenvalue weighted by Crippen LogP contribution is 2.28. The molecule has 0 atom stereocenters. The maximum absolute atomic E-state index is 7.36. The Balaban J connectivity index is 2.17. The lowest BCUT2D eigenvalue weighted by Gasteiger charge is -2.12. The quantitative estimate of drug-likeness (QED) is 0.648. The van der Waals surface area contributed by atoms with Crippen molar-refractivity contribution in [3.8, 4) is 11.5 Å². The molecule has 0 aromatic heterocycles. The van der Waals surface area contributed by atoms with E-state index in [9.17, 15) is 0 Å². The van der Waals surface area contributed by atoms with Crippen molar-refractivity contribution < 1.29 is 9.47 Å². The van der Waals surface area contributed by atoms with Gasteiger partial charge in [-0.05, 0) is 36.4 Å². The van der Waals surface area contributed by atoms with E-state index in [2.05, 4.69) is 0 Å². The first-order chi connectivity index (χ1) is 10.0. The Morgan fingerprint density at radius 1 is 1.14 bits per heavy atom. The molecular weight excluding hydrogens is 311 g/mol. The van der Waals surface area contributed by atoms with E-state index in [1.165, 1.54) is 0 Å². The van der Waals surface area contributed by atoms with Crippen molar-refractivity contribution in [3.05, 3.63) is 57.6 Å². The summed E-state index contributed by atoms with van der Waals surface area (Å²) in [5.74, 6) is 1.15. The first-order valence-corrected chi connectivity index (χ1v) is 6.86. The van der Waals surface area contributed by atoms with Gasteiger partial charge < -0.3 is 15.2 Å². The zero-order chi connectivity index (χ0) is 15.4. The molecule has 3 N–H and O–H groups in total. The molecule has 0 heterocycles. The predicted octanol–water partition coefficient (Wildman–Crippen LogP) is 3.87. The van der Waals surface area contributed by atoms with E-state index < -0.39 is 0 Å². The molecule has 110 valence electrons. The lowest BCUT2D eigenvalue weighted by Crippen LogP contribution is -2.10. The SMILES string of the molecule is COc1ccc(Cl)cc1COc1ccc(C(=N)N)cc1Cl. The Labute approximate surface area is 132 Å². The number of hydrogen-bond donors (Lipinski definition) is 2. The minimum atomic E-state index is -0.0417. The minimum Gasteiger partial charge on any atom is -0.496 e. The smallest absolute Gasteiger partial charge is 0.138 e. The fourth-order valence-electron chi connectivity index (χ4n) is 1.80. The molecule has 21 heavy (non-hydrogen) atoms. The van der Waals surface area contributed by atoms with Gasteiger partial charge in [0.25, 0.3) is 0 Å².